The maximum atomic E-state index is 13.5. The van der Waals surface area contributed by atoms with Crippen molar-refractivity contribution in [3.05, 3.63) is 53.4 Å². The second kappa shape index (κ2) is 5.54. The summed E-state index contributed by atoms with van der Waals surface area (Å²) in [5.41, 5.74) is 1.96. The van der Waals surface area contributed by atoms with Crippen LogP contribution in [0.15, 0.2) is 30.6 Å². The molecule has 20 heavy (non-hydrogen) atoms. The van der Waals surface area contributed by atoms with Gasteiger partial charge in [-0.1, -0.05) is 0 Å². The third kappa shape index (κ3) is 2.93. The van der Waals surface area contributed by atoms with Crippen LogP contribution in [0.2, 0.25) is 0 Å². The fraction of sp³-hybridized carbons (Fsp3) is 0.333. The maximum absolute atomic E-state index is 13.5. The molecule has 1 unspecified atom stereocenters. The first-order valence-electron chi connectivity index (χ1n) is 6.39. The quantitative estimate of drug-likeness (QED) is 0.900. The van der Waals surface area contributed by atoms with Crippen molar-refractivity contribution in [3.63, 3.8) is 0 Å². The number of aliphatic hydroxyl groups excluding tert-OH is 1. The Morgan fingerprint density at radius 2 is 1.90 bits per heavy atom. The van der Waals surface area contributed by atoms with Gasteiger partial charge < -0.3 is 10.4 Å². The van der Waals surface area contributed by atoms with Crippen molar-refractivity contribution in [1.29, 1.82) is 0 Å². The lowest BCUT2D eigenvalue weighted by molar-refractivity contribution is 0.220. The number of anilines is 1. The minimum absolute atomic E-state index is 0.178. The summed E-state index contributed by atoms with van der Waals surface area (Å²) in [6.07, 6.45) is 3.18. The number of aliphatic hydroxyl groups is 1. The summed E-state index contributed by atoms with van der Waals surface area (Å²) < 4.78 is 13.5. The van der Waals surface area contributed by atoms with Crippen molar-refractivity contribution in [2.45, 2.75) is 26.3 Å². The van der Waals surface area contributed by atoms with Crippen LogP contribution in [0.5, 0.6) is 0 Å². The van der Waals surface area contributed by atoms with Gasteiger partial charge in [-0.2, -0.15) is 0 Å². The number of nitrogens with one attached hydrogen (secondary N) is 1. The highest BCUT2D eigenvalue weighted by molar-refractivity contribution is 5.49. The monoisotopic (exact) mass is 275 g/mol. The summed E-state index contributed by atoms with van der Waals surface area (Å²) in [5, 5.41) is 12.9. The van der Waals surface area contributed by atoms with Crippen molar-refractivity contribution in [3.8, 4) is 0 Å². The van der Waals surface area contributed by atoms with E-state index in [0.717, 1.165) is 11.3 Å². The van der Waals surface area contributed by atoms with Crippen LogP contribution in [-0.4, -0.2) is 21.7 Å². The molecule has 0 radical (unpaired) electrons. The summed E-state index contributed by atoms with van der Waals surface area (Å²) in [5.74, 6) is -0.316. The predicted octanol–water partition coefficient (Wildman–Crippen LogP) is 2.55. The highest BCUT2D eigenvalue weighted by atomic mass is 19.1. The minimum Gasteiger partial charge on any atom is -0.394 e. The molecule has 5 heteroatoms. The molecule has 0 spiro atoms. The fourth-order valence-corrected chi connectivity index (χ4v) is 2.25. The lowest BCUT2D eigenvalue weighted by atomic mass is 9.96. The Balaban J connectivity index is 2.39. The van der Waals surface area contributed by atoms with Crippen molar-refractivity contribution < 1.29 is 9.50 Å². The van der Waals surface area contributed by atoms with Crippen LogP contribution >= 0.6 is 0 Å². The van der Waals surface area contributed by atoms with E-state index in [-0.39, 0.29) is 12.4 Å². The van der Waals surface area contributed by atoms with Crippen molar-refractivity contribution in [2.24, 2.45) is 0 Å². The molecular weight excluding hydrogens is 257 g/mol. The topological polar surface area (TPSA) is 58.0 Å². The van der Waals surface area contributed by atoms with Gasteiger partial charge in [0.15, 0.2) is 0 Å². The number of hydrogen-bond donors (Lipinski definition) is 2. The lowest BCUT2D eigenvalue weighted by Crippen LogP contribution is -2.37. The molecule has 2 rings (SSSR count). The van der Waals surface area contributed by atoms with Crippen LogP contribution < -0.4 is 5.32 Å². The molecule has 0 aliphatic carbocycles. The number of halogens is 1. The Hall–Kier alpha value is -2.01. The predicted molar refractivity (Wildman–Crippen MR) is 76.0 cm³/mol. The number of hydrogen-bond acceptors (Lipinski definition) is 4. The molecule has 0 aliphatic rings. The molecule has 0 saturated carbocycles. The molecule has 1 aromatic heterocycles. The highest BCUT2D eigenvalue weighted by Crippen LogP contribution is 2.26. The van der Waals surface area contributed by atoms with E-state index < -0.39 is 5.54 Å². The molecule has 1 atom stereocenters. The molecule has 0 fully saturated rings. The molecule has 0 amide bonds. The van der Waals surface area contributed by atoms with Crippen LogP contribution in [0.3, 0.4) is 0 Å². The second-order valence-electron chi connectivity index (χ2n) is 5.12. The molecule has 0 aliphatic heterocycles. The van der Waals surface area contributed by atoms with Gasteiger partial charge in [0.05, 0.1) is 18.0 Å². The standard InChI is InChI=1S/C15H18FN3O/c1-10-6-12(16)8-13(7-10)19-15(3,9-20)14-11(2)17-4-5-18-14/h4-8,19-20H,9H2,1-3H3. The van der Waals surface area contributed by atoms with Crippen LogP contribution in [0, 0.1) is 19.7 Å². The van der Waals surface area contributed by atoms with Crippen molar-refractivity contribution in [2.75, 3.05) is 11.9 Å². The summed E-state index contributed by atoms with van der Waals surface area (Å²) in [4.78, 5) is 8.47. The Bertz CT molecular complexity index is 598. The molecular formula is C15H18FN3O. The molecule has 106 valence electrons. The lowest BCUT2D eigenvalue weighted by Gasteiger charge is -2.30. The van der Waals surface area contributed by atoms with E-state index in [4.69, 9.17) is 0 Å². The van der Waals surface area contributed by atoms with E-state index >= 15 is 0 Å². The van der Waals surface area contributed by atoms with Gasteiger partial charge in [-0.05, 0) is 44.5 Å². The minimum atomic E-state index is -0.821. The average molecular weight is 275 g/mol. The first-order chi connectivity index (χ1) is 9.44. The first kappa shape index (κ1) is 14.4. The van der Waals surface area contributed by atoms with Gasteiger partial charge in [-0.3, -0.25) is 9.97 Å². The largest absolute Gasteiger partial charge is 0.394 e. The maximum Gasteiger partial charge on any atom is 0.125 e. The zero-order chi connectivity index (χ0) is 14.8. The van der Waals surface area contributed by atoms with Gasteiger partial charge in [-0.25, -0.2) is 4.39 Å². The van der Waals surface area contributed by atoms with Gasteiger partial charge in [-0.15, -0.1) is 0 Å². The Labute approximate surface area is 117 Å². The molecule has 0 bridgehead atoms. The van der Waals surface area contributed by atoms with E-state index in [1.165, 1.54) is 12.1 Å². The van der Waals surface area contributed by atoms with Crippen LogP contribution in [0.4, 0.5) is 10.1 Å². The zero-order valence-electron chi connectivity index (χ0n) is 11.8. The van der Waals surface area contributed by atoms with E-state index in [0.29, 0.717) is 11.4 Å². The van der Waals surface area contributed by atoms with Gasteiger partial charge in [0.1, 0.15) is 11.4 Å². The molecule has 1 aromatic carbocycles. The second-order valence-corrected chi connectivity index (χ2v) is 5.12. The van der Waals surface area contributed by atoms with E-state index in [9.17, 15) is 9.50 Å². The summed E-state index contributed by atoms with van der Waals surface area (Å²) >= 11 is 0. The number of aromatic nitrogens is 2. The zero-order valence-corrected chi connectivity index (χ0v) is 11.8. The van der Waals surface area contributed by atoms with Gasteiger partial charge in [0, 0.05) is 18.1 Å². The SMILES string of the molecule is Cc1cc(F)cc(NC(C)(CO)c2nccnc2C)c1. The molecule has 2 aromatic rings. The molecule has 1 heterocycles. The van der Waals surface area contributed by atoms with Crippen LogP contribution in [0.25, 0.3) is 0 Å². The van der Waals surface area contributed by atoms with E-state index in [2.05, 4.69) is 15.3 Å². The fourth-order valence-electron chi connectivity index (χ4n) is 2.25. The van der Waals surface area contributed by atoms with Gasteiger partial charge >= 0.3 is 0 Å². The van der Waals surface area contributed by atoms with Crippen molar-refractivity contribution >= 4 is 5.69 Å². The Morgan fingerprint density at radius 3 is 2.50 bits per heavy atom. The molecule has 0 saturated heterocycles. The Kier molecular flexibility index (Phi) is 3.99. The normalized spacial score (nSPS) is 13.8. The summed E-state index contributed by atoms with van der Waals surface area (Å²) in [6.45, 7) is 5.28. The highest BCUT2D eigenvalue weighted by Gasteiger charge is 2.29. The van der Waals surface area contributed by atoms with E-state index in [1.807, 2.05) is 26.8 Å². The summed E-state index contributed by atoms with van der Waals surface area (Å²) in [7, 11) is 0. The van der Waals surface area contributed by atoms with Crippen LogP contribution in [0.1, 0.15) is 23.9 Å². The molecule has 4 nitrogen and oxygen atoms in total. The van der Waals surface area contributed by atoms with E-state index in [1.54, 1.807) is 12.4 Å². The number of benzene rings is 1. The third-order valence-corrected chi connectivity index (χ3v) is 3.18. The number of rotatable bonds is 4. The van der Waals surface area contributed by atoms with Gasteiger partial charge in [0.25, 0.3) is 0 Å². The summed E-state index contributed by atoms with van der Waals surface area (Å²) in [6, 6.07) is 4.67. The average Bonchev–Trinajstić information content (AvgIpc) is 2.37. The Morgan fingerprint density at radius 1 is 1.20 bits per heavy atom. The van der Waals surface area contributed by atoms with Crippen molar-refractivity contribution in [1.82, 2.24) is 9.97 Å². The first-order valence-corrected chi connectivity index (χ1v) is 6.39. The smallest absolute Gasteiger partial charge is 0.125 e. The number of aryl methyl sites for hydroxylation is 2. The van der Waals surface area contributed by atoms with Crippen LogP contribution in [-0.2, 0) is 5.54 Å². The number of nitrogens with zero attached hydrogens (tertiary/aromatic N) is 2. The third-order valence-electron chi connectivity index (χ3n) is 3.18. The van der Waals surface area contributed by atoms with Gasteiger partial charge in [0.2, 0.25) is 0 Å². The molecule has 2 N–H and O–H groups in total.